The molecule has 4 heteroatoms. The standard InChI is InChI=1S/C10H14N2O2/c1-8-2-4-9(5-3-8)14-7-6-10(11)12-13/h2-5,13H,6-7H2,1H3,(H2,11,12). The van der Waals surface area contributed by atoms with Crippen molar-refractivity contribution in [2.24, 2.45) is 10.9 Å². The van der Waals surface area contributed by atoms with Gasteiger partial charge in [-0.25, -0.2) is 0 Å². The van der Waals surface area contributed by atoms with E-state index in [-0.39, 0.29) is 5.84 Å². The Labute approximate surface area is 83.0 Å². The zero-order valence-corrected chi connectivity index (χ0v) is 8.10. The summed E-state index contributed by atoms with van der Waals surface area (Å²) in [6.07, 6.45) is 0.421. The molecule has 0 aliphatic rings. The Kier molecular flexibility index (Phi) is 3.79. The van der Waals surface area contributed by atoms with E-state index in [2.05, 4.69) is 5.16 Å². The SMILES string of the molecule is Cc1ccc(OCC/C(N)=N/O)cc1. The maximum Gasteiger partial charge on any atom is 0.142 e. The molecule has 0 aliphatic carbocycles. The summed E-state index contributed by atoms with van der Waals surface area (Å²) in [5.74, 6) is 0.971. The van der Waals surface area contributed by atoms with Crippen LogP contribution < -0.4 is 10.5 Å². The summed E-state index contributed by atoms with van der Waals surface area (Å²) in [7, 11) is 0. The van der Waals surface area contributed by atoms with Gasteiger partial charge in [0.25, 0.3) is 0 Å². The predicted octanol–water partition coefficient (Wildman–Crippen LogP) is 1.51. The van der Waals surface area contributed by atoms with Gasteiger partial charge in [0.05, 0.1) is 6.61 Å². The van der Waals surface area contributed by atoms with E-state index in [1.54, 1.807) is 0 Å². The minimum Gasteiger partial charge on any atom is -0.493 e. The summed E-state index contributed by atoms with van der Waals surface area (Å²) in [5.41, 5.74) is 6.47. The first-order chi connectivity index (χ1) is 6.72. The number of hydrogen-bond acceptors (Lipinski definition) is 3. The highest BCUT2D eigenvalue weighted by atomic mass is 16.5. The molecule has 4 nitrogen and oxygen atoms in total. The zero-order valence-electron chi connectivity index (χ0n) is 8.10. The molecule has 0 aliphatic heterocycles. The summed E-state index contributed by atoms with van der Waals surface area (Å²) in [5, 5.41) is 11.1. The Hall–Kier alpha value is -1.71. The van der Waals surface area contributed by atoms with E-state index in [0.29, 0.717) is 13.0 Å². The monoisotopic (exact) mass is 194 g/mol. The van der Waals surface area contributed by atoms with Crippen LogP contribution in [0.15, 0.2) is 29.4 Å². The lowest BCUT2D eigenvalue weighted by molar-refractivity contribution is 0.305. The number of benzene rings is 1. The lowest BCUT2D eigenvalue weighted by Crippen LogP contribution is -2.15. The summed E-state index contributed by atoms with van der Waals surface area (Å²) >= 11 is 0. The van der Waals surface area contributed by atoms with E-state index in [1.165, 1.54) is 5.56 Å². The van der Waals surface area contributed by atoms with Crippen molar-refractivity contribution in [3.05, 3.63) is 29.8 Å². The molecule has 0 heterocycles. The van der Waals surface area contributed by atoms with E-state index in [0.717, 1.165) is 5.75 Å². The summed E-state index contributed by atoms with van der Waals surface area (Å²) in [4.78, 5) is 0. The fraction of sp³-hybridized carbons (Fsp3) is 0.300. The molecule has 0 spiro atoms. The second-order valence-electron chi connectivity index (χ2n) is 3.00. The molecule has 0 bridgehead atoms. The fourth-order valence-corrected chi connectivity index (χ4v) is 0.958. The van der Waals surface area contributed by atoms with Crippen molar-refractivity contribution in [1.29, 1.82) is 0 Å². The van der Waals surface area contributed by atoms with Crippen LogP contribution in [-0.2, 0) is 0 Å². The first-order valence-electron chi connectivity index (χ1n) is 4.38. The average Bonchev–Trinajstić information content (AvgIpc) is 2.21. The Morgan fingerprint density at radius 1 is 1.43 bits per heavy atom. The third-order valence-corrected chi connectivity index (χ3v) is 1.78. The van der Waals surface area contributed by atoms with E-state index in [9.17, 15) is 0 Å². The zero-order chi connectivity index (χ0) is 10.4. The van der Waals surface area contributed by atoms with Gasteiger partial charge < -0.3 is 15.7 Å². The molecule has 0 amide bonds. The Balaban J connectivity index is 2.35. The van der Waals surface area contributed by atoms with Crippen LogP contribution in [0.3, 0.4) is 0 Å². The molecule has 0 saturated heterocycles. The number of amidine groups is 1. The van der Waals surface area contributed by atoms with Gasteiger partial charge in [-0.15, -0.1) is 0 Å². The topological polar surface area (TPSA) is 67.8 Å². The third kappa shape index (κ3) is 3.35. The molecule has 0 fully saturated rings. The lowest BCUT2D eigenvalue weighted by atomic mass is 10.2. The molecule has 3 N–H and O–H groups in total. The van der Waals surface area contributed by atoms with Gasteiger partial charge in [0.15, 0.2) is 0 Å². The van der Waals surface area contributed by atoms with E-state index in [1.807, 2.05) is 31.2 Å². The van der Waals surface area contributed by atoms with Crippen LogP contribution >= 0.6 is 0 Å². The van der Waals surface area contributed by atoms with Crippen LogP contribution in [0.5, 0.6) is 5.75 Å². The molecule has 76 valence electrons. The van der Waals surface area contributed by atoms with Gasteiger partial charge >= 0.3 is 0 Å². The number of nitrogens with zero attached hydrogens (tertiary/aromatic N) is 1. The second kappa shape index (κ2) is 5.11. The van der Waals surface area contributed by atoms with Gasteiger partial charge in [-0.1, -0.05) is 22.9 Å². The molecule has 0 saturated carbocycles. The maximum absolute atomic E-state index is 8.28. The highest BCUT2D eigenvalue weighted by Gasteiger charge is 1.95. The van der Waals surface area contributed by atoms with Crippen LogP contribution in [-0.4, -0.2) is 17.6 Å². The minimum absolute atomic E-state index is 0.178. The van der Waals surface area contributed by atoms with Crippen LogP contribution in [0.2, 0.25) is 0 Å². The van der Waals surface area contributed by atoms with Crippen LogP contribution in [0, 0.1) is 6.92 Å². The van der Waals surface area contributed by atoms with Gasteiger partial charge in [-0.2, -0.15) is 0 Å². The van der Waals surface area contributed by atoms with Crippen molar-refractivity contribution < 1.29 is 9.94 Å². The highest BCUT2D eigenvalue weighted by molar-refractivity contribution is 5.79. The second-order valence-corrected chi connectivity index (χ2v) is 3.00. The van der Waals surface area contributed by atoms with Crippen LogP contribution in [0.4, 0.5) is 0 Å². The highest BCUT2D eigenvalue weighted by Crippen LogP contribution is 2.11. The van der Waals surface area contributed by atoms with Gasteiger partial charge in [0.1, 0.15) is 11.6 Å². The Morgan fingerprint density at radius 2 is 2.07 bits per heavy atom. The first kappa shape index (κ1) is 10.4. The molecular weight excluding hydrogens is 180 g/mol. The number of nitrogens with two attached hydrogens (primary N) is 1. The van der Waals surface area contributed by atoms with Gasteiger partial charge in [0.2, 0.25) is 0 Å². The summed E-state index contributed by atoms with van der Waals surface area (Å²) in [6.45, 7) is 2.43. The Morgan fingerprint density at radius 3 is 2.64 bits per heavy atom. The molecule has 0 unspecified atom stereocenters. The van der Waals surface area contributed by atoms with Crippen molar-refractivity contribution in [3.8, 4) is 5.75 Å². The predicted molar refractivity (Wildman–Crippen MR) is 54.7 cm³/mol. The molecule has 1 aromatic carbocycles. The normalized spacial score (nSPS) is 11.4. The molecule has 0 radical (unpaired) electrons. The van der Waals surface area contributed by atoms with Gasteiger partial charge in [0, 0.05) is 6.42 Å². The van der Waals surface area contributed by atoms with Crippen molar-refractivity contribution in [3.63, 3.8) is 0 Å². The molecule has 14 heavy (non-hydrogen) atoms. The van der Waals surface area contributed by atoms with E-state index in [4.69, 9.17) is 15.7 Å². The molecule has 0 atom stereocenters. The fourth-order valence-electron chi connectivity index (χ4n) is 0.958. The smallest absolute Gasteiger partial charge is 0.142 e. The van der Waals surface area contributed by atoms with Gasteiger partial charge in [-0.3, -0.25) is 0 Å². The first-order valence-corrected chi connectivity index (χ1v) is 4.38. The molecular formula is C10H14N2O2. The number of ether oxygens (including phenoxy) is 1. The molecule has 1 aromatic rings. The van der Waals surface area contributed by atoms with E-state index < -0.39 is 0 Å². The maximum atomic E-state index is 8.28. The van der Waals surface area contributed by atoms with Crippen molar-refractivity contribution in [2.45, 2.75) is 13.3 Å². The van der Waals surface area contributed by atoms with Crippen molar-refractivity contribution >= 4 is 5.84 Å². The average molecular weight is 194 g/mol. The van der Waals surface area contributed by atoms with Gasteiger partial charge in [-0.05, 0) is 19.1 Å². The Bertz CT molecular complexity index is 306. The van der Waals surface area contributed by atoms with E-state index >= 15 is 0 Å². The number of aryl methyl sites for hydroxylation is 1. The van der Waals surface area contributed by atoms with Crippen LogP contribution in [0.25, 0.3) is 0 Å². The third-order valence-electron chi connectivity index (χ3n) is 1.78. The number of oxime groups is 1. The minimum atomic E-state index is 0.178. The largest absolute Gasteiger partial charge is 0.493 e. The van der Waals surface area contributed by atoms with Crippen LogP contribution in [0.1, 0.15) is 12.0 Å². The quantitative estimate of drug-likeness (QED) is 0.330. The summed E-state index contributed by atoms with van der Waals surface area (Å²) < 4.78 is 5.36. The van der Waals surface area contributed by atoms with Crippen molar-refractivity contribution in [1.82, 2.24) is 0 Å². The molecule has 0 aromatic heterocycles. The molecule has 1 rings (SSSR count). The number of hydrogen-bond donors (Lipinski definition) is 2. The number of rotatable bonds is 4. The lowest BCUT2D eigenvalue weighted by Gasteiger charge is -2.05. The van der Waals surface area contributed by atoms with Crippen molar-refractivity contribution in [2.75, 3.05) is 6.61 Å². The summed E-state index contributed by atoms with van der Waals surface area (Å²) in [6, 6.07) is 7.72.